The summed E-state index contributed by atoms with van der Waals surface area (Å²) in [7, 11) is -0.951. The summed E-state index contributed by atoms with van der Waals surface area (Å²) in [5, 5.41) is 0.0767. The van der Waals surface area contributed by atoms with Crippen LogP contribution < -0.4 is 0 Å². The Morgan fingerprint density at radius 1 is 1.16 bits per heavy atom. The quantitative estimate of drug-likeness (QED) is 0.405. The molecule has 0 aliphatic carbocycles. The lowest BCUT2D eigenvalue weighted by atomic mass is 9.87. The highest BCUT2D eigenvalue weighted by Crippen LogP contribution is 2.36. The van der Waals surface area contributed by atoms with Crippen LogP contribution in [0.5, 0.6) is 0 Å². The van der Waals surface area contributed by atoms with Gasteiger partial charge in [-0.25, -0.2) is 17.7 Å². The van der Waals surface area contributed by atoms with Gasteiger partial charge in [0.2, 0.25) is 15.9 Å². The molecule has 0 atom stereocenters. The van der Waals surface area contributed by atoms with E-state index in [2.05, 4.69) is 4.98 Å². The van der Waals surface area contributed by atoms with E-state index >= 15 is 0 Å². The lowest BCUT2D eigenvalue weighted by molar-refractivity contribution is -0.145. The molecule has 0 aliphatic rings. The van der Waals surface area contributed by atoms with Gasteiger partial charge in [0.15, 0.2) is 5.58 Å². The number of fused-ring (bicyclic) bond motifs is 1. The Morgan fingerprint density at radius 3 is 2.50 bits per heavy atom. The van der Waals surface area contributed by atoms with Crippen LogP contribution in [0.2, 0.25) is 5.02 Å². The highest BCUT2D eigenvalue weighted by Gasteiger charge is 2.31. The zero-order chi connectivity index (χ0) is 23.5. The number of halogens is 1. The monoisotopic (exact) mass is 478 g/mol. The van der Waals surface area contributed by atoms with Crippen molar-refractivity contribution in [2.75, 3.05) is 14.1 Å². The van der Waals surface area contributed by atoms with Crippen molar-refractivity contribution < 1.29 is 22.4 Å². The second-order valence-corrected chi connectivity index (χ2v) is 10.9. The van der Waals surface area contributed by atoms with Crippen LogP contribution in [0.25, 0.3) is 11.1 Å². The first-order valence-corrected chi connectivity index (χ1v) is 12.1. The summed E-state index contributed by atoms with van der Waals surface area (Å²) in [5.74, 6) is 0.121. The number of carbonyl (C=O) groups excluding carboxylic acids is 1. The third-order valence-corrected chi connectivity index (χ3v) is 7.52. The average Bonchev–Trinajstić information content (AvgIpc) is 3.17. The molecule has 3 rings (SSSR count). The second kappa shape index (κ2) is 9.60. The predicted octanol–water partition coefficient (Wildman–Crippen LogP) is 4.92. The fourth-order valence-corrected chi connectivity index (χ4v) is 4.75. The number of benzene rings is 2. The fraction of sp³-hybridized carbons (Fsp3) is 0.391. The van der Waals surface area contributed by atoms with Crippen molar-refractivity contribution in [2.24, 2.45) is 0 Å². The van der Waals surface area contributed by atoms with E-state index in [1.807, 2.05) is 44.2 Å². The van der Waals surface area contributed by atoms with E-state index in [-0.39, 0.29) is 34.5 Å². The van der Waals surface area contributed by atoms with Gasteiger partial charge in [0.25, 0.3) is 0 Å². The van der Waals surface area contributed by atoms with Crippen LogP contribution in [0.15, 0.2) is 51.8 Å². The van der Waals surface area contributed by atoms with Crippen LogP contribution in [0.3, 0.4) is 0 Å². The number of hydrogen-bond donors (Lipinski definition) is 0. The van der Waals surface area contributed by atoms with Crippen molar-refractivity contribution in [1.82, 2.24) is 9.29 Å². The van der Waals surface area contributed by atoms with E-state index < -0.39 is 15.4 Å². The summed E-state index contributed by atoms with van der Waals surface area (Å²) in [6, 6.07) is 12.6. The van der Waals surface area contributed by atoms with Gasteiger partial charge in [-0.15, -0.1) is 0 Å². The van der Waals surface area contributed by atoms with Gasteiger partial charge in [0.1, 0.15) is 17.0 Å². The molecule has 0 amide bonds. The first-order chi connectivity index (χ1) is 15.0. The molecule has 0 fully saturated rings. The topological polar surface area (TPSA) is 89.7 Å². The van der Waals surface area contributed by atoms with Crippen molar-refractivity contribution in [1.29, 1.82) is 0 Å². The molecule has 9 heteroatoms. The van der Waals surface area contributed by atoms with Gasteiger partial charge in [-0.2, -0.15) is 0 Å². The zero-order valence-electron chi connectivity index (χ0n) is 18.6. The van der Waals surface area contributed by atoms with Gasteiger partial charge in [-0.1, -0.05) is 55.8 Å². The summed E-state index contributed by atoms with van der Waals surface area (Å²) in [6.45, 7) is 4.13. The average molecular weight is 479 g/mol. The maximum atomic E-state index is 12.7. The number of nitrogens with zero attached hydrogens (tertiary/aromatic N) is 2. The van der Waals surface area contributed by atoms with Crippen LogP contribution in [-0.4, -0.2) is 37.8 Å². The van der Waals surface area contributed by atoms with E-state index in [1.54, 1.807) is 6.07 Å². The molecule has 172 valence electrons. The minimum Gasteiger partial charge on any atom is -0.461 e. The molecule has 2 aromatic carbocycles. The van der Waals surface area contributed by atoms with Gasteiger partial charge in [-0.3, -0.25) is 4.79 Å². The highest BCUT2D eigenvalue weighted by molar-refractivity contribution is 7.89. The summed E-state index contributed by atoms with van der Waals surface area (Å²) >= 11 is 6.20. The fourth-order valence-electron chi connectivity index (χ4n) is 3.25. The number of oxazole rings is 1. The van der Waals surface area contributed by atoms with Crippen LogP contribution in [0, 0.1) is 0 Å². The molecule has 0 spiro atoms. The van der Waals surface area contributed by atoms with Gasteiger partial charge in [0.05, 0.1) is 5.02 Å². The van der Waals surface area contributed by atoms with Gasteiger partial charge >= 0.3 is 5.97 Å². The number of esters is 1. The van der Waals surface area contributed by atoms with Crippen molar-refractivity contribution >= 4 is 38.7 Å². The zero-order valence-corrected chi connectivity index (χ0v) is 20.2. The van der Waals surface area contributed by atoms with Gasteiger partial charge in [-0.05, 0) is 30.5 Å². The maximum absolute atomic E-state index is 12.7. The first kappa shape index (κ1) is 24.2. The molecule has 7 nitrogen and oxygen atoms in total. The Balaban J connectivity index is 1.70. The Bertz CT molecular complexity index is 1200. The normalized spacial score (nSPS) is 12.4. The lowest BCUT2D eigenvalue weighted by Gasteiger charge is -2.20. The lowest BCUT2D eigenvalue weighted by Crippen LogP contribution is -2.22. The summed E-state index contributed by atoms with van der Waals surface area (Å²) in [5.41, 5.74) is 0.969. The van der Waals surface area contributed by atoms with Crippen molar-refractivity contribution in [3.05, 3.63) is 58.9 Å². The molecule has 0 unspecified atom stereocenters. The molecule has 0 N–H and O–H groups in total. The first-order valence-electron chi connectivity index (χ1n) is 10.2. The maximum Gasteiger partial charge on any atom is 0.306 e. The minimum atomic E-state index is -3.82. The third kappa shape index (κ3) is 5.31. The third-order valence-electron chi connectivity index (χ3n) is 5.21. The number of hydrogen-bond acceptors (Lipinski definition) is 6. The molecule has 0 saturated carbocycles. The molecular formula is C23H27ClN2O5S. The Hall–Kier alpha value is -2.42. The summed E-state index contributed by atoms with van der Waals surface area (Å²) in [6.07, 6.45) is 1.44. The Labute approximate surface area is 193 Å². The summed E-state index contributed by atoms with van der Waals surface area (Å²) in [4.78, 5) is 16.5. The van der Waals surface area contributed by atoms with E-state index in [9.17, 15) is 13.2 Å². The molecule has 1 heterocycles. The summed E-state index contributed by atoms with van der Waals surface area (Å²) < 4.78 is 37.8. The van der Waals surface area contributed by atoms with Crippen LogP contribution in [0.1, 0.15) is 44.6 Å². The molecule has 0 radical (unpaired) electrons. The standard InChI is InChI=1S/C23H27ClN2O5S/c1-23(2,14-8-11-19(27)30-15-16-9-6-5-7-10-16)22-25-18-13-12-17(24)21(20(18)31-22)32(28,29)26(3)4/h5-7,9-10,12-13H,8,11,14-15H2,1-4H3. The number of sulfonamides is 1. The molecule has 32 heavy (non-hydrogen) atoms. The molecular weight excluding hydrogens is 452 g/mol. The van der Waals surface area contributed by atoms with Crippen LogP contribution in [0.4, 0.5) is 0 Å². The molecule has 1 aromatic heterocycles. The van der Waals surface area contributed by atoms with E-state index in [4.69, 9.17) is 20.8 Å². The minimum absolute atomic E-state index is 0.0767. The highest BCUT2D eigenvalue weighted by atomic mass is 35.5. The number of rotatable bonds is 9. The molecule has 0 saturated heterocycles. The van der Waals surface area contributed by atoms with Crippen molar-refractivity contribution in [3.63, 3.8) is 0 Å². The van der Waals surface area contributed by atoms with Crippen LogP contribution in [-0.2, 0) is 31.6 Å². The SMILES string of the molecule is CN(C)S(=O)(=O)c1c(Cl)ccc2nc(C(C)(C)CCCC(=O)OCc3ccccc3)oc12. The number of ether oxygens (including phenoxy) is 1. The Kier molecular flexibility index (Phi) is 7.27. The van der Waals surface area contributed by atoms with Crippen molar-refractivity contribution in [3.8, 4) is 0 Å². The number of carbonyl (C=O) groups is 1. The largest absolute Gasteiger partial charge is 0.461 e. The van der Waals surface area contributed by atoms with Crippen LogP contribution >= 0.6 is 11.6 Å². The van der Waals surface area contributed by atoms with Gasteiger partial charge in [0, 0.05) is 25.9 Å². The van der Waals surface area contributed by atoms with Crippen molar-refractivity contribution in [2.45, 2.75) is 50.0 Å². The van der Waals surface area contributed by atoms with E-state index in [0.29, 0.717) is 24.2 Å². The molecule has 3 aromatic rings. The second-order valence-electron chi connectivity index (χ2n) is 8.41. The van der Waals surface area contributed by atoms with E-state index in [1.165, 1.54) is 20.2 Å². The number of aromatic nitrogens is 1. The predicted molar refractivity (Wildman–Crippen MR) is 123 cm³/mol. The molecule has 0 aliphatic heterocycles. The smallest absolute Gasteiger partial charge is 0.306 e. The van der Waals surface area contributed by atoms with Gasteiger partial charge < -0.3 is 9.15 Å². The van der Waals surface area contributed by atoms with E-state index in [0.717, 1.165) is 9.87 Å². The molecule has 0 bridgehead atoms. The Morgan fingerprint density at radius 2 is 1.84 bits per heavy atom.